The van der Waals surface area contributed by atoms with Crippen LogP contribution in [0.5, 0.6) is 0 Å². The summed E-state index contributed by atoms with van der Waals surface area (Å²) in [4.78, 5) is 21.0. The minimum Gasteiger partial charge on any atom is -0.447 e. The monoisotopic (exact) mass is 351 g/mol. The third-order valence-electron chi connectivity index (χ3n) is 5.40. The van der Waals surface area contributed by atoms with Crippen LogP contribution in [-0.2, 0) is 17.7 Å². The minimum absolute atomic E-state index is 0.142. The molecule has 0 unspecified atom stereocenters. The number of piperidine rings is 1. The van der Waals surface area contributed by atoms with Crippen molar-refractivity contribution in [2.24, 2.45) is 0 Å². The van der Waals surface area contributed by atoms with Gasteiger partial charge in [0, 0.05) is 38.1 Å². The smallest absolute Gasteiger partial charge is 0.410 e. The Bertz CT molecular complexity index is 715. The molecular formula is C21H25N3O2. The molecule has 2 aliphatic rings. The average molecular weight is 351 g/mol. The zero-order valence-electron chi connectivity index (χ0n) is 15.0. The van der Waals surface area contributed by atoms with Crippen molar-refractivity contribution in [3.8, 4) is 0 Å². The van der Waals surface area contributed by atoms with E-state index in [0.717, 1.165) is 38.9 Å². The van der Waals surface area contributed by atoms with E-state index in [0.29, 0.717) is 6.61 Å². The molecule has 0 spiro atoms. The number of pyridine rings is 1. The molecule has 4 rings (SSSR count). The van der Waals surface area contributed by atoms with Crippen molar-refractivity contribution in [3.63, 3.8) is 0 Å². The predicted molar refractivity (Wildman–Crippen MR) is 99.7 cm³/mol. The van der Waals surface area contributed by atoms with Crippen molar-refractivity contribution in [2.45, 2.75) is 37.9 Å². The summed E-state index contributed by atoms with van der Waals surface area (Å²) in [7, 11) is 0. The molecule has 0 radical (unpaired) electrons. The highest BCUT2D eigenvalue weighted by molar-refractivity contribution is 5.70. The lowest BCUT2D eigenvalue weighted by Gasteiger charge is -2.37. The van der Waals surface area contributed by atoms with Crippen LogP contribution in [0, 0.1) is 0 Å². The SMILES string of the molecule is O=C1OC[C@H](Cc2ccccc2)N1C1CCN(Cc2cccnc2)CC1. The first-order valence-electron chi connectivity index (χ1n) is 9.40. The summed E-state index contributed by atoms with van der Waals surface area (Å²) in [5.74, 6) is 0. The summed E-state index contributed by atoms with van der Waals surface area (Å²) in [6.45, 7) is 3.44. The van der Waals surface area contributed by atoms with E-state index >= 15 is 0 Å². The van der Waals surface area contributed by atoms with Gasteiger partial charge in [-0.15, -0.1) is 0 Å². The maximum atomic E-state index is 12.3. The van der Waals surface area contributed by atoms with Gasteiger partial charge in [0.1, 0.15) is 6.61 Å². The second-order valence-electron chi connectivity index (χ2n) is 7.20. The summed E-state index contributed by atoms with van der Waals surface area (Å²) in [6, 6.07) is 14.9. The number of nitrogens with zero attached hydrogens (tertiary/aromatic N) is 3. The molecule has 5 nitrogen and oxygen atoms in total. The molecule has 0 aliphatic carbocycles. The van der Waals surface area contributed by atoms with Gasteiger partial charge in [0.2, 0.25) is 0 Å². The van der Waals surface area contributed by atoms with E-state index in [4.69, 9.17) is 4.74 Å². The van der Waals surface area contributed by atoms with E-state index in [2.05, 4.69) is 28.1 Å². The largest absolute Gasteiger partial charge is 0.447 e. The van der Waals surface area contributed by atoms with Gasteiger partial charge >= 0.3 is 6.09 Å². The second-order valence-corrected chi connectivity index (χ2v) is 7.20. The molecule has 136 valence electrons. The summed E-state index contributed by atoms with van der Waals surface area (Å²) >= 11 is 0. The van der Waals surface area contributed by atoms with Gasteiger partial charge in [-0.2, -0.15) is 0 Å². The van der Waals surface area contributed by atoms with Crippen molar-refractivity contribution >= 4 is 6.09 Å². The molecule has 0 saturated carbocycles. The highest BCUT2D eigenvalue weighted by Gasteiger charge is 2.39. The predicted octanol–water partition coefficient (Wildman–Crippen LogP) is 3.11. The van der Waals surface area contributed by atoms with Crippen LogP contribution in [0.25, 0.3) is 0 Å². The van der Waals surface area contributed by atoms with Crippen LogP contribution in [0.15, 0.2) is 54.9 Å². The fourth-order valence-electron chi connectivity index (χ4n) is 4.07. The van der Waals surface area contributed by atoms with Gasteiger partial charge in [-0.1, -0.05) is 36.4 Å². The molecule has 1 aromatic carbocycles. The van der Waals surface area contributed by atoms with Crippen molar-refractivity contribution in [1.82, 2.24) is 14.8 Å². The third kappa shape index (κ3) is 3.88. The molecule has 2 fully saturated rings. The minimum atomic E-state index is -0.142. The first-order valence-corrected chi connectivity index (χ1v) is 9.40. The molecule has 2 aliphatic heterocycles. The zero-order valence-corrected chi connectivity index (χ0v) is 15.0. The van der Waals surface area contributed by atoms with E-state index in [1.807, 2.05) is 41.6 Å². The van der Waals surface area contributed by atoms with E-state index in [1.165, 1.54) is 11.1 Å². The number of benzene rings is 1. The van der Waals surface area contributed by atoms with Crippen LogP contribution >= 0.6 is 0 Å². The Morgan fingerprint density at radius 2 is 1.81 bits per heavy atom. The lowest BCUT2D eigenvalue weighted by Crippen LogP contribution is -2.49. The van der Waals surface area contributed by atoms with Crippen molar-refractivity contribution in [1.29, 1.82) is 0 Å². The Balaban J connectivity index is 1.35. The van der Waals surface area contributed by atoms with Crippen LogP contribution in [0.2, 0.25) is 0 Å². The third-order valence-corrected chi connectivity index (χ3v) is 5.40. The Hall–Kier alpha value is -2.40. The average Bonchev–Trinajstić information content (AvgIpc) is 3.04. The first kappa shape index (κ1) is 17.0. The van der Waals surface area contributed by atoms with E-state index < -0.39 is 0 Å². The maximum Gasteiger partial charge on any atom is 0.410 e. The lowest BCUT2D eigenvalue weighted by molar-refractivity contribution is 0.104. The van der Waals surface area contributed by atoms with Gasteiger partial charge in [0.15, 0.2) is 0 Å². The van der Waals surface area contributed by atoms with Crippen LogP contribution in [0.1, 0.15) is 24.0 Å². The molecule has 1 amide bonds. The topological polar surface area (TPSA) is 45.7 Å². The number of carbonyl (C=O) groups excluding carboxylic acids is 1. The lowest BCUT2D eigenvalue weighted by atomic mass is 9.99. The standard InChI is InChI=1S/C21H25N3O2/c25-21-24(20(16-26-21)13-17-5-2-1-3-6-17)19-8-11-23(12-9-19)15-18-7-4-10-22-14-18/h1-7,10,14,19-20H,8-9,11-13,15-16H2/t20-/m0/s1. The van der Waals surface area contributed by atoms with Crippen LogP contribution in [0.3, 0.4) is 0 Å². The zero-order chi connectivity index (χ0) is 17.8. The number of cyclic esters (lactones) is 1. The molecule has 2 aromatic rings. The van der Waals surface area contributed by atoms with Gasteiger partial charge in [0.25, 0.3) is 0 Å². The van der Waals surface area contributed by atoms with Gasteiger partial charge in [-0.3, -0.25) is 14.8 Å². The van der Waals surface area contributed by atoms with Crippen molar-refractivity contribution in [2.75, 3.05) is 19.7 Å². The molecule has 1 atom stereocenters. The second kappa shape index (κ2) is 7.87. The van der Waals surface area contributed by atoms with E-state index in [9.17, 15) is 4.79 Å². The molecule has 0 N–H and O–H groups in total. The molecule has 0 bridgehead atoms. The van der Waals surface area contributed by atoms with Gasteiger partial charge in [0.05, 0.1) is 6.04 Å². The summed E-state index contributed by atoms with van der Waals surface area (Å²) < 4.78 is 5.39. The number of aromatic nitrogens is 1. The highest BCUT2D eigenvalue weighted by Crippen LogP contribution is 2.26. The number of hydrogen-bond donors (Lipinski definition) is 0. The van der Waals surface area contributed by atoms with Crippen LogP contribution in [0.4, 0.5) is 4.79 Å². The maximum absolute atomic E-state index is 12.3. The Morgan fingerprint density at radius 3 is 2.54 bits per heavy atom. The molecule has 26 heavy (non-hydrogen) atoms. The summed E-state index contributed by atoms with van der Waals surface area (Å²) in [6.07, 6.45) is 6.46. The van der Waals surface area contributed by atoms with E-state index in [-0.39, 0.29) is 18.2 Å². The van der Waals surface area contributed by atoms with Crippen molar-refractivity contribution in [3.05, 3.63) is 66.0 Å². The van der Waals surface area contributed by atoms with Gasteiger partial charge in [-0.05, 0) is 36.5 Å². The molecule has 3 heterocycles. The van der Waals surface area contributed by atoms with Crippen LogP contribution < -0.4 is 0 Å². The normalized spacial score (nSPS) is 21.8. The van der Waals surface area contributed by atoms with E-state index in [1.54, 1.807) is 0 Å². The number of ether oxygens (including phenoxy) is 1. The van der Waals surface area contributed by atoms with Gasteiger partial charge in [-0.25, -0.2) is 4.79 Å². The molecule has 2 saturated heterocycles. The Morgan fingerprint density at radius 1 is 1.04 bits per heavy atom. The van der Waals surface area contributed by atoms with Crippen LogP contribution in [-0.4, -0.2) is 52.7 Å². The fourth-order valence-corrected chi connectivity index (χ4v) is 4.07. The number of carbonyl (C=O) groups is 1. The number of likely N-dealkylation sites (tertiary alicyclic amines) is 1. The Kier molecular flexibility index (Phi) is 5.16. The first-order chi connectivity index (χ1) is 12.8. The van der Waals surface area contributed by atoms with Crippen molar-refractivity contribution < 1.29 is 9.53 Å². The molecule has 5 heteroatoms. The fraction of sp³-hybridized carbons (Fsp3) is 0.429. The number of rotatable bonds is 5. The highest BCUT2D eigenvalue weighted by atomic mass is 16.6. The van der Waals surface area contributed by atoms with Gasteiger partial charge < -0.3 is 4.74 Å². The summed E-state index contributed by atoms with van der Waals surface area (Å²) in [5.41, 5.74) is 2.50. The Labute approximate surface area is 154 Å². The molecule has 1 aromatic heterocycles. The number of hydrogen-bond acceptors (Lipinski definition) is 4. The quantitative estimate of drug-likeness (QED) is 0.830. The molecular weight excluding hydrogens is 326 g/mol. The summed E-state index contributed by atoms with van der Waals surface area (Å²) in [5, 5.41) is 0. The number of amides is 1.